The van der Waals surface area contributed by atoms with Crippen molar-refractivity contribution in [2.75, 3.05) is 0 Å². The summed E-state index contributed by atoms with van der Waals surface area (Å²) in [5.74, 6) is 0. The van der Waals surface area contributed by atoms with Gasteiger partial charge < -0.3 is 0 Å². The molecule has 0 spiro atoms. The Morgan fingerprint density at radius 3 is 1.03 bits per heavy atom. The summed E-state index contributed by atoms with van der Waals surface area (Å²) in [6, 6.07) is 47.9. The Morgan fingerprint density at radius 2 is 0.683 bits per heavy atom. The molecule has 0 N–H and O–H groups in total. The van der Waals surface area contributed by atoms with Crippen LogP contribution in [-0.2, 0) is 21.7 Å². The molecule has 2 aliphatic rings. The van der Waals surface area contributed by atoms with Crippen LogP contribution in [0, 0.1) is 0 Å². The van der Waals surface area contributed by atoms with E-state index in [1.807, 2.05) is 0 Å². The van der Waals surface area contributed by atoms with Crippen molar-refractivity contribution in [1.82, 2.24) is 0 Å². The van der Waals surface area contributed by atoms with Crippen LogP contribution in [0.25, 0.3) is 99.0 Å². The van der Waals surface area contributed by atoms with Crippen LogP contribution in [0.5, 0.6) is 0 Å². The highest BCUT2D eigenvalue weighted by Crippen LogP contribution is 2.56. The topological polar surface area (TPSA) is 0 Å². The largest absolute Gasteiger partial charge is 0.0561 e. The second kappa shape index (κ2) is 11.4. The summed E-state index contributed by atoms with van der Waals surface area (Å²) >= 11 is 0. The molecule has 0 heteroatoms. The van der Waals surface area contributed by atoms with E-state index < -0.39 is 0 Å². The highest BCUT2D eigenvalue weighted by Gasteiger charge is 2.39. The minimum atomic E-state index is -0.110. The highest BCUT2D eigenvalue weighted by molar-refractivity contribution is 6.28. The molecule has 12 rings (SSSR count). The molecule has 0 bridgehead atoms. The molecule has 10 aromatic carbocycles. The average molecular weight is 773 g/mol. The fourth-order valence-corrected chi connectivity index (χ4v) is 11.5. The van der Waals surface area contributed by atoms with Crippen LogP contribution in [0.3, 0.4) is 0 Å². The highest BCUT2D eigenvalue weighted by atomic mass is 14.4. The van der Waals surface area contributed by atoms with Crippen LogP contribution < -0.4 is 0 Å². The van der Waals surface area contributed by atoms with Crippen molar-refractivity contribution in [3.05, 3.63) is 166 Å². The maximum Gasteiger partial charge on any atom is 0.0159 e. The van der Waals surface area contributed by atoms with Crippen molar-refractivity contribution in [1.29, 1.82) is 0 Å². The fourth-order valence-electron chi connectivity index (χ4n) is 11.5. The number of hydrogen-bond acceptors (Lipinski definition) is 0. The van der Waals surface area contributed by atoms with E-state index in [2.05, 4.69) is 203 Å². The first kappa shape index (κ1) is 35.9. The summed E-state index contributed by atoms with van der Waals surface area (Å²) in [6.07, 6.45) is 4.65. The first-order valence-electron chi connectivity index (χ1n) is 22.0. The van der Waals surface area contributed by atoms with Gasteiger partial charge in [0, 0.05) is 10.8 Å². The number of hydrogen-bond donors (Lipinski definition) is 0. The molecule has 0 heterocycles. The van der Waals surface area contributed by atoms with Gasteiger partial charge in [0.2, 0.25) is 0 Å². The van der Waals surface area contributed by atoms with Crippen molar-refractivity contribution >= 4 is 76.8 Å². The van der Waals surface area contributed by atoms with E-state index in [1.54, 1.807) is 0 Å². The lowest BCUT2D eigenvalue weighted by atomic mass is 9.79. The maximum atomic E-state index is 2.49. The van der Waals surface area contributed by atoms with Crippen molar-refractivity contribution in [3.8, 4) is 22.3 Å². The summed E-state index contributed by atoms with van der Waals surface area (Å²) in [5.41, 5.74) is 16.5. The van der Waals surface area contributed by atoms with Gasteiger partial charge in [-0.25, -0.2) is 0 Å². The minimum Gasteiger partial charge on any atom is -0.0561 e. The van der Waals surface area contributed by atoms with Crippen molar-refractivity contribution in [2.45, 2.75) is 90.9 Å². The Hall–Kier alpha value is -5.98. The van der Waals surface area contributed by atoms with Gasteiger partial charge in [0.05, 0.1) is 0 Å². The quantitative estimate of drug-likeness (QED) is 0.121. The zero-order valence-electron chi connectivity index (χ0n) is 36.7. The lowest BCUT2D eigenvalue weighted by Gasteiger charge is -2.24. The van der Waals surface area contributed by atoms with Gasteiger partial charge in [0.1, 0.15) is 0 Å². The lowest BCUT2D eigenvalue weighted by molar-refractivity contribution is 0.591. The Morgan fingerprint density at radius 1 is 0.350 bits per heavy atom. The maximum absolute atomic E-state index is 2.49. The third-order valence-electron chi connectivity index (χ3n) is 15.0. The number of benzene rings is 10. The van der Waals surface area contributed by atoms with Gasteiger partial charge >= 0.3 is 0 Å². The summed E-state index contributed by atoms with van der Waals surface area (Å²) < 4.78 is 0. The Labute approximate surface area is 354 Å². The van der Waals surface area contributed by atoms with Gasteiger partial charge in [-0.1, -0.05) is 191 Å². The molecule has 0 aromatic heterocycles. The van der Waals surface area contributed by atoms with Crippen molar-refractivity contribution in [2.24, 2.45) is 0 Å². The normalized spacial score (nSPS) is 15.7. The monoisotopic (exact) mass is 772 g/mol. The minimum absolute atomic E-state index is 0.102. The van der Waals surface area contributed by atoms with E-state index >= 15 is 0 Å². The molecule has 0 atom stereocenters. The van der Waals surface area contributed by atoms with E-state index in [-0.39, 0.29) is 21.7 Å². The molecule has 0 unspecified atom stereocenters. The summed E-state index contributed by atoms with van der Waals surface area (Å²) in [5, 5.41) is 16.4. The van der Waals surface area contributed by atoms with Crippen LogP contribution in [0.4, 0.5) is 0 Å². The van der Waals surface area contributed by atoms with Gasteiger partial charge in [-0.3, -0.25) is 0 Å². The Kier molecular flexibility index (Phi) is 6.85. The second-order valence-electron chi connectivity index (χ2n) is 21.4. The third-order valence-corrected chi connectivity index (χ3v) is 15.0. The number of fused-ring (bicyclic) bond motifs is 8. The Balaban J connectivity index is 0.932. The zero-order valence-corrected chi connectivity index (χ0v) is 36.7. The molecular weight excluding hydrogens is 721 g/mol. The predicted molar refractivity (Wildman–Crippen MR) is 262 cm³/mol. The van der Waals surface area contributed by atoms with E-state index in [1.165, 1.54) is 131 Å². The van der Waals surface area contributed by atoms with Crippen LogP contribution >= 0.6 is 0 Å². The van der Waals surface area contributed by atoms with Gasteiger partial charge in [-0.15, -0.1) is 0 Å². The molecule has 0 fully saturated rings. The molecule has 0 saturated heterocycles. The standard InChI is InChI=1S/C60H52/c1-57(2,3)41-27-35-15-17-39-31-49-55(45-23-19-37(29-41)51(35)53(39)45)43-21-13-33(25-47(43)59(49,7)8)11-12-34-14-22-44-48(26-34)60(9,10)50-32-40-18-16-36-28-42(58(4,5)6)30-38-20-24-46(56(44)50)54(40)52(36)38/h11-32H,1-10H3. The lowest BCUT2D eigenvalue weighted by Crippen LogP contribution is -2.15. The van der Waals surface area contributed by atoms with Gasteiger partial charge in [-0.2, -0.15) is 0 Å². The van der Waals surface area contributed by atoms with Gasteiger partial charge in [0.25, 0.3) is 0 Å². The summed E-state index contributed by atoms with van der Waals surface area (Å²) in [6.45, 7) is 23.5. The van der Waals surface area contributed by atoms with Crippen molar-refractivity contribution < 1.29 is 0 Å². The predicted octanol–water partition coefficient (Wildman–Crippen LogP) is 16.9. The molecule has 292 valence electrons. The van der Waals surface area contributed by atoms with Crippen LogP contribution in [0.1, 0.15) is 114 Å². The van der Waals surface area contributed by atoms with Crippen LogP contribution in [-0.4, -0.2) is 0 Å². The summed E-state index contributed by atoms with van der Waals surface area (Å²) in [4.78, 5) is 0. The summed E-state index contributed by atoms with van der Waals surface area (Å²) in [7, 11) is 0. The van der Waals surface area contributed by atoms with E-state index in [9.17, 15) is 0 Å². The second-order valence-corrected chi connectivity index (χ2v) is 21.4. The van der Waals surface area contributed by atoms with E-state index in [4.69, 9.17) is 0 Å². The van der Waals surface area contributed by atoms with E-state index in [0.29, 0.717) is 0 Å². The molecule has 60 heavy (non-hydrogen) atoms. The molecule has 0 amide bonds. The third kappa shape index (κ3) is 4.74. The van der Waals surface area contributed by atoms with Gasteiger partial charge in [-0.05, 0) is 154 Å². The smallest absolute Gasteiger partial charge is 0.0159 e. The molecule has 10 aromatic rings. The average Bonchev–Trinajstić information content (AvgIpc) is 3.58. The van der Waals surface area contributed by atoms with E-state index in [0.717, 1.165) is 0 Å². The Bertz CT molecular complexity index is 3260. The van der Waals surface area contributed by atoms with Crippen molar-refractivity contribution in [3.63, 3.8) is 0 Å². The van der Waals surface area contributed by atoms with Crippen LogP contribution in [0.2, 0.25) is 0 Å². The molecular formula is C60H52. The molecule has 0 nitrogen and oxygen atoms in total. The number of rotatable bonds is 2. The van der Waals surface area contributed by atoms with Gasteiger partial charge in [0.15, 0.2) is 0 Å². The molecule has 0 radical (unpaired) electrons. The first-order valence-corrected chi connectivity index (χ1v) is 22.0. The fraction of sp³-hybridized carbons (Fsp3) is 0.233. The molecule has 0 saturated carbocycles. The van der Waals surface area contributed by atoms with Crippen LogP contribution in [0.15, 0.2) is 121 Å². The molecule has 0 aliphatic heterocycles. The first-order chi connectivity index (χ1) is 28.5. The SMILES string of the molecule is CC(C)(C)c1cc2ccc3cc4c(c5ccc(c1)c2c35)-c1ccc(C=Cc2ccc3c(c2)C(C)(C)c2cc5ccc6cc(C(C)(C)C)cc7ccc(c2-3)c5c67)cc1C4(C)C. The zero-order chi connectivity index (χ0) is 41.4. The molecule has 2 aliphatic carbocycles.